The molecule has 1 heterocycles. The van der Waals surface area contributed by atoms with E-state index in [-0.39, 0.29) is 17.5 Å². The Bertz CT molecular complexity index is 504. The van der Waals surface area contributed by atoms with Crippen LogP contribution < -0.4 is 10.1 Å². The summed E-state index contributed by atoms with van der Waals surface area (Å²) in [5.74, 6) is 1.80. The van der Waals surface area contributed by atoms with Gasteiger partial charge in [-0.2, -0.15) is 0 Å². The van der Waals surface area contributed by atoms with Crippen molar-refractivity contribution in [1.82, 2.24) is 5.32 Å². The van der Waals surface area contributed by atoms with Crippen LogP contribution in [-0.2, 0) is 0 Å². The quantitative estimate of drug-likeness (QED) is 0.835. The fourth-order valence-electron chi connectivity index (χ4n) is 3.99. The zero-order valence-electron chi connectivity index (χ0n) is 12.6. The highest BCUT2D eigenvalue weighted by Crippen LogP contribution is 2.49. The van der Waals surface area contributed by atoms with Gasteiger partial charge in [0.15, 0.2) is 0 Å². The highest BCUT2D eigenvalue weighted by atomic mass is 19.1. The molecular formula is C17H24FNO. The molecule has 20 heavy (non-hydrogen) atoms. The van der Waals surface area contributed by atoms with Gasteiger partial charge in [0.1, 0.15) is 17.2 Å². The first-order chi connectivity index (χ1) is 9.54. The number of ether oxygens (including phenoxy) is 1. The largest absolute Gasteiger partial charge is 0.486 e. The molecule has 4 unspecified atom stereocenters. The molecule has 2 aliphatic rings. The van der Waals surface area contributed by atoms with Gasteiger partial charge in [-0.25, -0.2) is 4.39 Å². The molecule has 0 saturated heterocycles. The summed E-state index contributed by atoms with van der Waals surface area (Å²) < 4.78 is 19.9. The molecule has 2 nitrogen and oxygen atoms in total. The van der Waals surface area contributed by atoms with E-state index in [1.165, 1.54) is 18.9 Å². The molecule has 1 N–H and O–H groups in total. The van der Waals surface area contributed by atoms with Crippen LogP contribution in [0.3, 0.4) is 0 Å². The van der Waals surface area contributed by atoms with E-state index in [2.05, 4.69) is 19.2 Å². The highest BCUT2D eigenvalue weighted by molar-refractivity contribution is 5.39. The highest BCUT2D eigenvalue weighted by Gasteiger charge is 2.47. The van der Waals surface area contributed by atoms with Gasteiger partial charge in [-0.15, -0.1) is 0 Å². The number of hydrogen-bond donors (Lipinski definition) is 1. The van der Waals surface area contributed by atoms with Crippen molar-refractivity contribution >= 4 is 0 Å². The van der Waals surface area contributed by atoms with Gasteiger partial charge in [0, 0.05) is 24.1 Å². The van der Waals surface area contributed by atoms with Crippen LogP contribution in [0.1, 0.15) is 51.1 Å². The minimum Gasteiger partial charge on any atom is -0.486 e. The molecular weight excluding hydrogens is 253 g/mol. The normalized spacial score (nSPS) is 36.5. The summed E-state index contributed by atoms with van der Waals surface area (Å²) >= 11 is 0. The first-order valence-corrected chi connectivity index (χ1v) is 7.70. The number of nitrogens with one attached hydrogen (secondary N) is 1. The van der Waals surface area contributed by atoms with Crippen molar-refractivity contribution in [3.8, 4) is 5.75 Å². The average molecular weight is 277 g/mol. The molecule has 1 fully saturated rings. The van der Waals surface area contributed by atoms with Crippen molar-refractivity contribution in [2.24, 2.45) is 11.8 Å². The Morgan fingerprint density at radius 2 is 2.15 bits per heavy atom. The summed E-state index contributed by atoms with van der Waals surface area (Å²) in [5, 5.41) is 3.38. The fraction of sp³-hybridized carbons (Fsp3) is 0.647. The molecule has 0 bridgehead atoms. The lowest BCUT2D eigenvalue weighted by atomic mass is 9.68. The first kappa shape index (κ1) is 13.9. The van der Waals surface area contributed by atoms with Crippen LogP contribution in [0.15, 0.2) is 18.2 Å². The van der Waals surface area contributed by atoms with Gasteiger partial charge < -0.3 is 10.1 Å². The molecule has 0 amide bonds. The Morgan fingerprint density at radius 3 is 2.85 bits per heavy atom. The van der Waals surface area contributed by atoms with E-state index in [0.717, 1.165) is 30.1 Å². The van der Waals surface area contributed by atoms with Crippen LogP contribution in [-0.4, -0.2) is 12.6 Å². The van der Waals surface area contributed by atoms with Crippen LogP contribution >= 0.6 is 0 Å². The fourth-order valence-corrected chi connectivity index (χ4v) is 3.99. The SMILES string of the molecule is CNC1CC2(CCC(C)CC2C)Oc2cc(F)ccc21. The van der Waals surface area contributed by atoms with Gasteiger partial charge >= 0.3 is 0 Å². The molecule has 4 atom stereocenters. The molecule has 1 aliphatic heterocycles. The zero-order chi connectivity index (χ0) is 14.3. The number of rotatable bonds is 1. The van der Waals surface area contributed by atoms with Crippen molar-refractivity contribution < 1.29 is 9.13 Å². The van der Waals surface area contributed by atoms with Gasteiger partial charge in [0.25, 0.3) is 0 Å². The van der Waals surface area contributed by atoms with Crippen molar-refractivity contribution in [3.63, 3.8) is 0 Å². The van der Waals surface area contributed by atoms with Gasteiger partial charge in [-0.3, -0.25) is 0 Å². The van der Waals surface area contributed by atoms with Crippen LogP contribution in [0.2, 0.25) is 0 Å². The van der Waals surface area contributed by atoms with Crippen LogP contribution in [0, 0.1) is 17.7 Å². The lowest BCUT2D eigenvalue weighted by molar-refractivity contribution is -0.0548. The van der Waals surface area contributed by atoms with Gasteiger partial charge in [0.2, 0.25) is 0 Å². The molecule has 110 valence electrons. The maximum absolute atomic E-state index is 13.5. The smallest absolute Gasteiger partial charge is 0.127 e. The molecule has 0 radical (unpaired) electrons. The molecule has 3 rings (SSSR count). The van der Waals surface area contributed by atoms with Gasteiger partial charge in [0.05, 0.1) is 0 Å². The third-order valence-corrected chi connectivity index (χ3v) is 5.28. The van der Waals surface area contributed by atoms with Crippen molar-refractivity contribution in [2.45, 2.75) is 51.2 Å². The second-order valence-corrected chi connectivity index (χ2v) is 6.67. The Morgan fingerprint density at radius 1 is 1.35 bits per heavy atom. The third kappa shape index (κ3) is 2.22. The van der Waals surface area contributed by atoms with Crippen LogP contribution in [0.25, 0.3) is 0 Å². The second kappa shape index (κ2) is 5.03. The van der Waals surface area contributed by atoms with E-state index < -0.39 is 0 Å². The maximum atomic E-state index is 13.5. The Labute approximate surface area is 120 Å². The predicted octanol–water partition coefficient (Wildman–Crippen LogP) is 4.06. The van der Waals surface area contributed by atoms with E-state index in [1.807, 2.05) is 13.1 Å². The van der Waals surface area contributed by atoms with E-state index in [1.54, 1.807) is 6.07 Å². The summed E-state index contributed by atoms with van der Waals surface area (Å²) in [5.41, 5.74) is 0.964. The monoisotopic (exact) mass is 277 g/mol. The summed E-state index contributed by atoms with van der Waals surface area (Å²) in [4.78, 5) is 0. The lowest BCUT2D eigenvalue weighted by Crippen LogP contribution is -2.51. The number of hydrogen-bond acceptors (Lipinski definition) is 2. The average Bonchev–Trinajstić information content (AvgIpc) is 2.42. The molecule has 1 saturated carbocycles. The van der Waals surface area contributed by atoms with E-state index in [4.69, 9.17) is 4.74 Å². The van der Waals surface area contributed by atoms with Crippen LogP contribution in [0.4, 0.5) is 4.39 Å². The van der Waals surface area contributed by atoms with E-state index >= 15 is 0 Å². The summed E-state index contributed by atoms with van der Waals surface area (Å²) in [6.07, 6.45) is 4.45. The number of fused-ring (bicyclic) bond motifs is 1. The minimum absolute atomic E-state index is 0.124. The minimum atomic E-state index is -0.215. The molecule has 0 aromatic heterocycles. The Kier molecular flexibility index (Phi) is 3.49. The van der Waals surface area contributed by atoms with Crippen LogP contribution in [0.5, 0.6) is 5.75 Å². The zero-order valence-corrected chi connectivity index (χ0v) is 12.6. The Hall–Kier alpha value is -1.09. The first-order valence-electron chi connectivity index (χ1n) is 7.70. The number of halogens is 1. The van der Waals surface area contributed by atoms with E-state index in [0.29, 0.717) is 5.92 Å². The molecule has 3 heteroatoms. The molecule has 1 aliphatic carbocycles. The predicted molar refractivity (Wildman–Crippen MR) is 78.4 cm³/mol. The standard InChI is InChI=1S/C17H24FNO/c1-11-6-7-17(12(2)8-11)10-15(19-3)14-5-4-13(18)9-16(14)20-17/h4-5,9,11-12,15,19H,6-8,10H2,1-3H3. The van der Waals surface area contributed by atoms with Crippen molar-refractivity contribution in [3.05, 3.63) is 29.6 Å². The molecule has 1 aromatic carbocycles. The van der Waals surface area contributed by atoms with E-state index in [9.17, 15) is 4.39 Å². The second-order valence-electron chi connectivity index (χ2n) is 6.67. The Balaban J connectivity index is 1.97. The number of benzene rings is 1. The maximum Gasteiger partial charge on any atom is 0.127 e. The topological polar surface area (TPSA) is 21.3 Å². The molecule has 1 spiro atoms. The lowest BCUT2D eigenvalue weighted by Gasteiger charge is -2.49. The van der Waals surface area contributed by atoms with Gasteiger partial charge in [-0.05, 0) is 44.2 Å². The van der Waals surface area contributed by atoms with Gasteiger partial charge in [-0.1, -0.05) is 19.9 Å². The third-order valence-electron chi connectivity index (χ3n) is 5.28. The van der Waals surface area contributed by atoms with Crippen molar-refractivity contribution in [1.29, 1.82) is 0 Å². The summed E-state index contributed by atoms with van der Waals surface area (Å²) in [7, 11) is 1.98. The summed E-state index contributed by atoms with van der Waals surface area (Å²) in [6, 6.07) is 5.19. The summed E-state index contributed by atoms with van der Waals surface area (Å²) in [6.45, 7) is 4.60. The van der Waals surface area contributed by atoms with Crippen molar-refractivity contribution in [2.75, 3.05) is 7.05 Å². The molecule has 1 aromatic rings.